The second-order valence-corrected chi connectivity index (χ2v) is 15.6. The highest BCUT2D eigenvalue weighted by Gasteiger charge is 2.50. The molecule has 0 aromatic heterocycles. The van der Waals surface area contributed by atoms with E-state index in [0.717, 1.165) is 73.4 Å². The molecule has 3 saturated heterocycles. The minimum Gasteiger partial charge on any atom is -0.381 e. The SMILES string of the molecule is CCN(c1cc(-c2ccc(CN3CCOCC3=O)cc2)cc(C(=O)NCC2C(=O)NC(C)C3(CCCCCCCC3)C2C)c1C)C1CCOCC1. The number of morpholine rings is 1. The molecule has 9 nitrogen and oxygen atoms in total. The van der Waals surface area contributed by atoms with E-state index < -0.39 is 0 Å². The lowest BCUT2D eigenvalue weighted by Gasteiger charge is -2.51. The summed E-state index contributed by atoms with van der Waals surface area (Å²) in [4.78, 5) is 44.5. The fourth-order valence-corrected chi connectivity index (χ4v) is 9.44. The largest absolute Gasteiger partial charge is 0.381 e. The van der Waals surface area contributed by atoms with Crippen LogP contribution in [0.25, 0.3) is 11.1 Å². The average Bonchev–Trinajstić information content (AvgIpc) is 3.26. The van der Waals surface area contributed by atoms with E-state index in [9.17, 15) is 14.4 Å². The highest BCUT2D eigenvalue weighted by atomic mass is 16.5. The van der Waals surface area contributed by atoms with E-state index in [4.69, 9.17) is 9.47 Å². The zero-order chi connectivity index (χ0) is 36.0. The molecule has 3 atom stereocenters. The zero-order valence-corrected chi connectivity index (χ0v) is 31.4. The standard InChI is InChI=1S/C42H60N4O5/c1-5-46(35-16-21-50-22-17-35)38-25-34(33-14-12-32(13-15-33)27-45-20-23-51-28-39(45)47)24-36(29(38)2)40(48)43-26-37-30(3)42(31(4)44-41(37)49)18-10-8-6-7-9-11-19-42/h12-15,24-25,30-31,35,37H,5-11,16-23,26-28H2,1-4H3,(H,43,48)(H,44,49). The molecule has 2 aromatic rings. The third-order valence-electron chi connectivity index (χ3n) is 12.7. The van der Waals surface area contributed by atoms with E-state index in [1.54, 1.807) is 0 Å². The van der Waals surface area contributed by atoms with E-state index in [2.05, 4.69) is 73.6 Å². The van der Waals surface area contributed by atoms with Crippen molar-refractivity contribution in [3.05, 3.63) is 53.1 Å². The first-order valence-electron chi connectivity index (χ1n) is 19.7. The first-order valence-corrected chi connectivity index (χ1v) is 19.7. The molecule has 1 saturated carbocycles. The number of ether oxygens (including phenoxy) is 2. The van der Waals surface area contributed by atoms with Crippen molar-refractivity contribution in [1.29, 1.82) is 0 Å². The Morgan fingerprint density at radius 2 is 1.63 bits per heavy atom. The molecule has 3 unspecified atom stereocenters. The van der Waals surface area contributed by atoms with Gasteiger partial charge in [-0.3, -0.25) is 14.4 Å². The summed E-state index contributed by atoms with van der Waals surface area (Å²) in [6, 6.07) is 13.0. The van der Waals surface area contributed by atoms with E-state index in [-0.39, 0.29) is 47.6 Å². The summed E-state index contributed by atoms with van der Waals surface area (Å²) >= 11 is 0. The summed E-state index contributed by atoms with van der Waals surface area (Å²) in [5.41, 5.74) is 5.77. The van der Waals surface area contributed by atoms with Crippen molar-refractivity contribution < 1.29 is 23.9 Å². The van der Waals surface area contributed by atoms with Crippen LogP contribution in [0.15, 0.2) is 36.4 Å². The van der Waals surface area contributed by atoms with Crippen LogP contribution in [0.1, 0.15) is 106 Å². The molecule has 0 bridgehead atoms. The lowest BCUT2D eigenvalue weighted by molar-refractivity contribution is -0.143. The summed E-state index contributed by atoms with van der Waals surface area (Å²) in [5.74, 6) is -0.153. The first-order chi connectivity index (χ1) is 24.7. The molecule has 3 aliphatic heterocycles. The van der Waals surface area contributed by atoms with Crippen molar-refractivity contribution in [2.45, 2.75) is 111 Å². The van der Waals surface area contributed by atoms with Gasteiger partial charge in [-0.2, -0.15) is 0 Å². The van der Waals surface area contributed by atoms with Crippen molar-refractivity contribution in [2.75, 3.05) is 51.0 Å². The van der Waals surface area contributed by atoms with Crippen LogP contribution in [0.3, 0.4) is 0 Å². The highest BCUT2D eigenvalue weighted by molar-refractivity contribution is 5.99. The Balaban J connectivity index is 1.27. The van der Waals surface area contributed by atoms with Gasteiger partial charge in [-0.1, -0.05) is 69.7 Å². The van der Waals surface area contributed by atoms with Gasteiger partial charge in [-0.15, -0.1) is 0 Å². The molecule has 0 radical (unpaired) electrons. The minimum absolute atomic E-state index is 0.0156. The monoisotopic (exact) mass is 700 g/mol. The minimum atomic E-state index is -0.269. The topological polar surface area (TPSA) is 100 Å². The fourth-order valence-electron chi connectivity index (χ4n) is 9.44. The zero-order valence-electron chi connectivity index (χ0n) is 31.4. The number of rotatable bonds is 9. The number of hydrogen-bond donors (Lipinski definition) is 2. The summed E-state index contributed by atoms with van der Waals surface area (Å²) in [6.45, 7) is 13.2. The number of amides is 3. The van der Waals surface area contributed by atoms with E-state index in [1.165, 1.54) is 38.5 Å². The van der Waals surface area contributed by atoms with Gasteiger partial charge in [0.05, 0.1) is 12.5 Å². The van der Waals surface area contributed by atoms with Gasteiger partial charge in [0.15, 0.2) is 0 Å². The third kappa shape index (κ3) is 8.30. The number of carbonyl (C=O) groups excluding carboxylic acids is 3. The molecule has 3 heterocycles. The Bertz CT molecular complexity index is 1510. The molecule has 4 fully saturated rings. The molecule has 4 aliphatic rings. The van der Waals surface area contributed by atoms with Crippen LogP contribution in [-0.4, -0.2) is 80.8 Å². The number of benzene rings is 2. The second-order valence-electron chi connectivity index (χ2n) is 15.6. The molecule has 1 aliphatic carbocycles. The van der Waals surface area contributed by atoms with Gasteiger partial charge in [0.25, 0.3) is 5.91 Å². The lowest BCUT2D eigenvalue weighted by atomic mass is 9.59. The summed E-state index contributed by atoms with van der Waals surface area (Å²) in [6.07, 6.45) is 11.7. The smallest absolute Gasteiger partial charge is 0.251 e. The molecule has 3 amide bonds. The Labute approximate surface area is 305 Å². The maximum absolute atomic E-state index is 14.3. The summed E-state index contributed by atoms with van der Waals surface area (Å²) < 4.78 is 11.0. The lowest BCUT2D eigenvalue weighted by Crippen LogP contribution is -2.61. The van der Waals surface area contributed by atoms with Crippen molar-refractivity contribution >= 4 is 23.4 Å². The Morgan fingerprint density at radius 1 is 0.941 bits per heavy atom. The summed E-state index contributed by atoms with van der Waals surface area (Å²) in [7, 11) is 0. The predicted molar refractivity (Wildman–Crippen MR) is 202 cm³/mol. The van der Waals surface area contributed by atoms with Crippen LogP contribution in [0, 0.1) is 24.2 Å². The average molecular weight is 701 g/mol. The normalized spacial score (nSPS) is 24.7. The first kappa shape index (κ1) is 37.3. The van der Waals surface area contributed by atoms with Crippen LogP contribution in [-0.2, 0) is 25.6 Å². The van der Waals surface area contributed by atoms with E-state index in [0.29, 0.717) is 37.8 Å². The molecule has 51 heavy (non-hydrogen) atoms. The van der Waals surface area contributed by atoms with E-state index >= 15 is 0 Å². The number of nitrogens with one attached hydrogen (secondary N) is 2. The van der Waals surface area contributed by atoms with Crippen LogP contribution < -0.4 is 15.5 Å². The molecule has 1 spiro atoms. The van der Waals surface area contributed by atoms with Gasteiger partial charge in [0.1, 0.15) is 6.61 Å². The van der Waals surface area contributed by atoms with Gasteiger partial charge < -0.3 is 29.9 Å². The number of nitrogens with zero attached hydrogens (tertiary/aromatic N) is 2. The van der Waals surface area contributed by atoms with Gasteiger partial charge in [-0.25, -0.2) is 0 Å². The van der Waals surface area contributed by atoms with Gasteiger partial charge in [0.2, 0.25) is 11.8 Å². The number of anilines is 1. The van der Waals surface area contributed by atoms with Crippen LogP contribution in [0.4, 0.5) is 5.69 Å². The quantitative estimate of drug-likeness (QED) is 0.304. The Hall–Kier alpha value is -3.43. The maximum Gasteiger partial charge on any atom is 0.251 e. The highest BCUT2D eigenvalue weighted by Crippen LogP contribution is 2.48. The van der Waals surface area contributed by atoms with Crippen LogP contribution in [0.5, 0.6) is 0 Å². The number of hydrogen-bond acceptors (Lipinski definition) is 6. The van der Waals surface area contributed by atoms with Crippen molar-refractivity contribution in [2.24, 2.45) is 17.3 Å². The van der Waals surface area contributed by atoms with Gasteiger partial charge in [0, 0.05) is 62.7 Å². The molecule has 2 aromatic carbocycles. The predicted octanol–water partition coefficient (Wildman–Crippen LogP) is 6.65. The summed E-state index contributed by atoms with van der Waals surface area (Å²) in [5, 5.41) is 6.62. The second kappa shape index (κ2) is 16.9. The number of piperidine rings is 1. The molecular weight excluding hydrogens is 640 g/mol. The van der Waals surface area contributed by atoms with E-state index in [1.807, 2.05) is 11.0 Å². The van der Waals surface area contributed by atoms with Crippen molar-refractivity contribution in [1.82, 2.24) is 15.5 Å². The van der Waals surface area contributed by atoms with Crippen LogP contribution >= 0.6 is 0 Å². The molecule has 2 N–H and O–H groups in total. The maximum atomic E-state index is 14.3. The van der Waals surface area contributed by atoms with Gasteiger partial charge in [-0.05, 0) is 92.2 Å². The Kier molecular flexibility index (Phi) is 12.4. The van der Waals surface area contributed by atoms with Crippen LogP contribution in [0.2, 0.25) is 0 Å². The molecular formula is C42H60N4O5. The third-order valence-corrected chi connectivity index (χ3v) is 12.7. The van der Waals surface area contributed by atoms with Crippen molar-refractivity contribution in [3.8, 4) is 11.1 Å². The fraction of sp³-hybridized carbons (Fsp3) is 0.643. The molecule has 278 valence electrons. The van der Waals surface area contributed by atoms with Crippen molar-refractivity contribution in [3.63, 3.8) is 0 Å². The Morgan fingerprint density at radius 3 is 2.29 bits per heavy atom. The van der Waals surface area contributed by atoms with Gasteiger partial charge >= 0.3 is 0 Å². The molecule has 6 rings (SSSR count). The number of carbonyl (C=O) groups is 3. The molecule has 9 heteroatoms.